The Hall–Kier alpha value is -1.36. The molecule has 70 valence electrons. The van der Waals surface area contributed by atoms with Crippen molar-refractivity contribution in [2.45, 2.75) is 0 Å². The normalized spacial score (nSPS) is 9.31. The molecule has 0 saturated carbocycles. The fourth-order valence-electron chi connectivity index (χ4n) is 0.701. The van der Waals surface area contributed by atoms with E-state index >= 15 is 0 Å². The fourth-order valence-corrected chi connectivity index (χ4v) is 0.795. The van der Waals surface area contributed by atoms with Gasteiger partial charge < -0.3 is 10.6 Å². The molecule has 0 aliphatic rings. The SMILES string of the molecule is O=C(NCCCl)Nc1ccnnc1. The number of halogens is 1. The molecule has 0 aliphatic carbocycles. The van der Waals surface area contributed by atoms with Crippen molar-refractivity contribution in [1.82, 2.24) is 15.5 Å². The molecule has 5 nitrogen and oxygen atoms in total. The summed E-state index contributed by atoms with van der Waals surface area (Å²) >= 11 is 5.38. The number of nitrogens with one attached hydrogen (secondary N) is 2. The number of urea groups is 1. The van der Waals surface area contributed by atoms with Gasteiger partial charge in [0.1, 0.15) is 0 Å². The second-order valence-electron chi connectivity index (χ2n) is 2.20. The van der Waals surface area contributed by atoms with Crippen LogP contribution in [0.25, 0.3) is 0 Å². The Balaban J connectivity index is 2.37. The molecule has 0 aromatic carbocycles. The third-order valence-corrected chi connectivity index (χ3v) is 1.41. The maximum absolute atomic E-state index is 11.0. The van der Waals surface area contributed by atoms with Crippen molar-refractivity contribution in [2.75, 3.05) is 17.7 Å². The van der Waals surface area contributed by atoms with Gasteiger partial charge in [0.25, 0.3) is 0 Å². The molecule has 1 aromatic rings. The number of amides is 2. The second kappa shape index (κ2) is 5.31. The van der Waals surface area contributed by atoms with Crippen LogP contribution < -0.4 is 10.6 Å². The van der Waals surface area contributed by atoms with Crippen LogP contribution in [0.3, 0.4) is 0 Å². The van der Waals surface area contributed by atoms with Gasteiger partial charge in [-0.1, -0.05) is 0 Å². The van der Waals surface area contributed by atoms with Crippen molar-refractivity contribution in [3.8, 4) is 0 Å². The van der Waals surface area contributed by atoms with Crippen LogP contribution in [0.4, 0.5) is 10.5 Å². The van der Waals surface area contributed by atoms with E-state index in [-0.39, 0.29) is 6.03 Å². The number of alkyl halides is 1. The summed E-state index contributed by atoms with van der Waals surface area (Å²) < 4.78 is 0. The van der Waals surface area contributed by atoms with Gasteiger partial charge in [-0.25, -0.2) is 4.79 Å². The van der Waals surface area contributed by atoms with E-state index in [1.807, 2.05) is 0 Å². The smallest absolute Gasteiger partial charge is 0.319 e. The number of carbonyl (C=O) groups is 1. The number of aromatic nitrogens is 2. The van der Waals surface area contributed by atoms with Crippen molar-refractivity contribution in [2.24, 2.45) is 0 Å². The van der Waals surface area contributed by atoms with Crippen molar-refractivity contribution in [3.05, 3.63) is 18.5 Å². The van der Waals surface area contributed by atoms with Crippen LogP contribution in [0.1, 0.15) is 0 Å². The van der Waals surface area contributed by atoms with Crippen LogP contribution in [0, 0.1) is 0 Å². The number of hydrogen-bond acceptors (Lipinski definition) is 3. The number of nitrogens with zero attached hydrogens (tertiary/aromatic N) is 2. The van der Waals surface area contributed by atoms with Crippen LogP contribution in [0.5, 0.6) is 0 Å². The lowest BCUT2D eigenvalue weighted by Crippen LogP contribution is -2.30. The molecule has 6 heteroatoms. The molecule has 0 radical (unpaired) electrons. The molecule has 13 heavy (non-hydrogen) atoms. The summed E-state index contributed by atoms with van der Waals surface area (Å²) in [7, 11) is 0. The zero-order valence-electron chi connectivity index (χ0n) is 6.83. The first kappa shape index (κ1) is 9.73. The monoisotopic (exact) mass is 200 g/mol. The summed E-state index contributed by atoms with van der Waals surface area (Å²) in [5.41, 5.74) is 0.599. The minimum absolute atomic E-state index is 0.298. The molecule has 0 aliphatic heterocycles. The van der Waals surface area contributed by atoms with Gasteiger partial charge in [-0.3, -0.25) is 0 Å². The van der Waals surface area contributed by atoms with E-state index < -0.39 is 0 Å². The number of anilines is 1. The standard InChI is InChI=1S/C7H9ClN4O/c8-2-4-9-7(13)12-6-1-3-10-11-5-6/h1,3,5H,2,4H2,(H2,9,10,12,13). The highest BCUT2D eigenvalue weighted by molar-refractivity contribution is 6.18. The highest BCUT2D eigenvalue weighted by Gasteiger charge is 1.98. The summed E-state index contributed by atoms with van der Waals surface area (Å²) in [5, 5.41) is 12.3. The predicted octanol–water partition coefficient (Wildman–Crippen LogP) is 0.837. The molecule has 0 fully saturated rings. The van der Waals surface area contributed by atoms with E-state index in [0.717, 1.165) is 0 Å². The van der Waals surface area contributed by atoms with Crippen LogP contribution in [0.2, 0.25) is 0 Å². The van der Waals surface area contributed by atoms with Crippen molar-refractivity contribution < 1.29 is 4.79 Å². The van der Waals surface area contributed by atoms with E-state index in [1.165, 1.54) is 12.4 Å². The minimum atomic E-state index is -0.298. The Morgan fingerprint density at radius 1 is 1.54 bits per heavy atom. The molecule has 0 spiro atoms. The second-order valence-corrected chi connectivity index (χ2v) is 2.58. The first-order chi connectivity index (χ1) is 6.33. The van der Waals surface area contributed by atoms with Gasteiger partial charge in [0.15, 0.2) is 0 Å². The molecule has 1 heterocycles. The van der Waals surface area contributed by atoms with Gasteiger partial charge in [-0.05, 0) is 6.07 Å². The predicted molar refractivity (Wildman–Crippen MR) is 49.8 cm³/mol. The fraction of sp³-hybridized carbons (Fsp3) is 0.286. The average Bonchev–Trinajstić information content (AvgIpc) is 2.16. The van der Waals surface area contributed by atoms with Gasteiger partial charge in [0.2, 0.25) is 0 Å². The summed E-state index contributed by atoms with van der Waals surface area (Å²) in [6, 6.07) is 1.35. The zero-order valence-corrected chi connectivity index (χ0v) is 7.58. The van der Waals surface area contributed by atoms with E-state index in [2.05, 4.69) is 20.8 Å². The first-order valence-electron chi connectivity index (χ1n) is 3.70. The van der Waals surface area contributed by atoms with Crippen LogP contribution in [-0.4, -0.2) is 28.7 Å². The Morgan fingerprint density at radius 2 is 2.38 bits per heavy atom. The largest absolute Gasteiger partial charge is 0.337 e. The molecule has 1 aromatic heterocycles. The van der Waals surface area contributed by atoms with Crippen LogP contribution >= 0.6 is 11.6 Å². The molecule has 1 rings (SSSR count). The zero-order chi connectivity index (χ0) is 9.52. The van der Waals surface area contributed by atoms with E-state index in [1.54, 1.807) is 6.07 Å². The molecular weight excluding hydrogens is 192 g/mol. The Morgan fingerprint density at radius 3 is 3.00 bits per heavy atom. The van der Waals surface area contributed by atoms with Gasteiger partial charge in [-0.2, -0.15) is 10.2 Å². The maximum Gasteiger partial charge on any atom is 0.319 e. The Labute approximate surface area is 80.5 Å². The quantitative estimate of drug-likeness (QED) is 0.711. The van der Waals surface area contributed by atoms with Gasteiger partial charge >= 0.3 is 6.03 Å². The van der Waals surface area contributed by atoms with Gasteiger partial charge in [-0.15, -0.1) is 11.6 Å². The summed E-state index contributed by atoms with van der Waals surface area (Å²) in [6.45, 7) is 0.436. The topological polar surface area (TPSA) is 66.9 Å². The summed E-state index contributed by atoms with van der Waals surface area (Å²) in [4.78, 5) is 11.0. The first-order valence-corrected chi connectivity index (χ1v) is 4.24. The number of hydrogen-bond donors (Lipinski definition) is 2. The lowest BCUT2D eigenvalue weighted by molar-refractivity contribution is 0.252. The molecule has 0 saturated heterocycles. The molecule has 0 unspecified atom stereocenters. The number of carbonyl (C=O) groups excluding carboxylic acids is 1. The van der Waals surface area contributed by atoms with Crippen molar-refractivity contribution in [1.29, 1.82) is 0 Å². The van der Waals surface area contributed by atoms with E-state index in [4.69, 9.17) is 11.6 Å². The maximum atomic E-state index is 11.0. The lowest BCUT2D eigenvalue weighted by Gasteiger charge is -2.04. The summed E-state index contributed by atoms with van der Waals surface area (Å²) in [6.07, 6.45) is 2.96. The van der Waals surface area contributed by atoms with Gasteiger partial charge in [0.05, 0.1) is 18.1 Å². The average molecular weight is 201 g/mol. The third kappa shape index (κ3) is 3.71. The van der Waals surface area contributed by atoms with Crippen LogP contribution in [-0.2, 0) is 0 Å². The van der Waals surface area contributed by atoms with Crippen LogP contribution in [0.15, 0.2) is 18.5 Å². The summed E-state index contributed by atoms with van der Waals surface area (Å²) in [5.74, 6) is 0.391. The lowest BCUT2D eigenvalue weighted by atomic mass is 10.5. The van der Waals surface area contributed by atoms with Crippen molar-refractivity contribution >= 4 is 23.3 Å². The highest BCUT2D eigenvalue weighted by Crippen LogP contribution is 1.99. The Bertz CT molecular complexity index is 266. The molecule has 0 atom stereocenters. The molecule has 0 bridgehead atoms. The van der Waals surface area contributed by atoms with E-state index in [9.17, 15) is 4.79 Å². The number of rotatable bonds is 3. The third-order valence-electron chi connectivity index (χ3n) is 1.22. The molecular formula is C7H9ClN4O. The van der Waals surface area contributed by atoms with Crippen molar-refractivity contribution in [3.63, 3.8) is 0 Å². The molecule has 2 amide bonds. The van der Waals surface area contributed by atoms with Gasteiger partial charge in [0, 0.05) is 12.4 Å². The highest BCUT2D eigenvalue weighted by atomic mass is 35.5. The Kier molecular flexibility index (Phi) is 3.98. The molecule has 2 N–H and O–H groups in total. The minimum Gasteiger partial charge on any atom is -0.337 e. The van der Waals surface area contributed by atoms with E-state index in [0.29, 0.717) is 18.1 Å².